The minimum absolute atomic E-state index is 0.206. The van der Waals surface area contributed by atoms with Crippen LogP contribution in [-0.4, -0.2) is 47.9 Å². The number of amides is 1. The molecule has 1 fully saturated rings. The molecular formula is C9H18N2O. The summed E-state index contributed by atoms with van der Waals surface area (Å²) in [5.41, 5.74) is 0. The molecule has 0 aromatic heterocycles. The van der Waals surface area contributed by atoms with Gasteiger partial charge in [-0.2, -0.15) is 0 Å². The highest BCUT2D eigenvalue weighted by Crippen LogP contribution is 2.08. The molecule has 0 aliphatic carbocycles. The molecule has 1 rings (SSSR count). The summed E-state index contributed by atoms with van der Waals surface area (Å²) in [6.07, 6.45) is 0. The molecule has 0 N–H and O–H groups in total. The van der Waals surface area contributed by atoms with Gasteiger partial charge in [0.05, 0.1) is 0 Å². The Morgan fingerprint density at radius 1 is 1.50 bits per heavy atom. The van der Waals surface area contributed by atoms with Crippen LogP contribution < -0.4 is 0 Å². The Balaban J connectivity index is 2.46. The Kier molecular flexibility index (Phi) is 3.09. The molecule has 0 bridgehead atoms. The van der Waals surface area contributed by atoms with Crippen molar-refractivity contribution in [2.24, 2.45) is 0 Å². The molecule has 1 saturated heterocycles. The molecule has 12 heavy (non-hydrogen) atoms. The van der Waals surface area contributed by atoms with E-state index in [1.54, 1.807) is 6.92 Å². The van der Waals surface area contributed by atoms with Gasteiger partial charge in [0.1, 0.15) is 0 Å². The lowest BCUT2D eigenvalue weighted by Gasteiger charge is -2.38. The van der Waals surface area contributed by atoms with Crippen molar-refractivity contribution in [3.05, 3.63) is 0 Å². The summed E-state index contributed by atoms with van der Waals surface area (Å²) in [6, 6.07) is 0.521. The summed E-state index contributed by atoms with van der Waals surface area (Å²) in [5, 5.41) is 0. The lowest BCUT2D eigenvalue weighted by molar-refractivity contribution is -0.131. The van der Waals surface area contributed by atoms with E-state index in [0.717, 1.165) is 26.2 Å². The van der Waals surface area contributed by atoms with E-state index in [4.69, 9.17) is 0 Å². The van der Waals surface area contributed by atoms with Crippen molar-refractivity contribution in [1.82, 2.24) is 9.80 Å². The zero-order valence-corrected chi connectivity index (χ0v) is 8.21. The van der Waals surface area contributed by atoms with Crippen molar-refractivity contribution < 1.29 is 4.79 Å². The van der Waals surface area contributed by atoms with Crippen molar-refractivity contribution in [3.63, 3.8) is 0 Å². The van der Waals surface area contributed by atoms with E-state index in [9.17, 15) is 4.79 Å². The quantitative estimate of drug-likeness (QED) is 0.574. The lowest BCUT2D eigenvalue weighted by atomic mass is 10.2. The van der Waals surface area contributed by atoms with Crippen LogP contribution in [0.3, 0.4) is 0 Å². The van der Waals surface area contributed by atoms with Gasteiger partial charge in [0.15, 0.2) is 0 Å². The third-order valence-electron chi connectivity index (χ3n) is 2.62. The van der Waals surface area contributed by atoms with Crippen LogP contribution >= 0.6 is 0 Å². The number of likely N-dealkylation sites (N-methyl/N-ethyl adjacent to an activating group) is 1. The molecule has 70 valence electrons. The Morgan fingerprint density at radius 3 is 2.58 bits per heavy atom. The molecule has 0 radical (unpaired) electrons. The van der Waals surface area contributed by atoms with Gasteiger partial charge in [-0.3, -0.25) is 9.69 Å². The number of piperazine rings is 1. The van der Waals surface area contributed by atoms with E-state index in [1.807, 2.05) is 4.90 Å². The topological polar surface area (TPSA) is 23.6 Å². The van der Waals surface area contributed by atoms with Gasteiger partial charge in [-0.25, -0.2) is 0 Å². The van der Waals surface area contributed by atoms with E-state index >= 15 is 0 Å². The zero-order valence-electron chi connectivity index (χ0n) is 8.21. The smallest absolute Gasteiger partial charge is 0.219 e. The predicted molar refractivity (Wildman–Crippen MR) is 49.0 cm³/mol. The molecule has 0 saturated carbocycles. The van der Waals surface area contributed by atoms with E-state index in [-0.39, 0.29) is 5.91 Å². The fraction of sp³-hybridized carbons (Fsp3) is 0.889. The molecule has 1 heterocycles. The zero-order chi connectivity index (χ0) is 9.14. The Bertz CT molecular complexity index is 170. The fourth-order valence-corrected chi connectivity index (χ4v) is 1.75. The highest BCUT2D eigenvalue weighted by molar-refractivity contribution is 5.73. The molecule has 1 unspecified atom stereocenters. The highest BCUT2D eigenvalue weighted by Gasteiger charge is 2.23. The van der Waals surface area contributed by atoms with E-state index < -0.39 is 0 Å². The van der Waals surface area contributed by atoms with E-state index in [1.165, 1.54) is 0 Å². The van der Waals surface area contributed by atoms with Crippen molar-refractivity contribution >= 4 is 5.91 Å². The van der Waals surface area contributed by atoms with Crippen molar-refractivity contribution in [1.29, 1.82) is 0 Å². The number of carbonyl (C=O) groups excluding carboxylic acids is 1. The number of hydrogen-bond acceptors (Lipinski definition) is 2. The number of carbonyl (C=O) groups is 1. The van der Waals surface area contributed by atoms with Gasteiger partial charge in [0.25, 0.3) is 0 Å². The van der Waals surface area contributed by atoms with Crippen LogP contribution in [0.25, 0.3) is 0 Å². The van der Waals surface area contributed by atoms with Crippen LogP contribution in [0.5, 0.6) is 0 Å². The number of rotatable bonds is 1. The standard InChI is InChI=1S/C9H18N2O/c1-4-10-5-6-11(9(3)12)7-8(10)2/h8H,4-7H2,1-3H3. The lowest BCUT2D eigenvalue weighted by Crippen LogP contribution is -2.52. The largest absolute Gasteiger partial charge is 0.340 e. The minimum atomic E-state index is 0.206. The SMILES string of the molecule is CCN1CCN(C(C)=O)CC1C. The van der Waals surface area contributed by atoms with Crippen LogP contribution in [-0.2, 0) is 4.79 Å². The molecule has 1 aliphatic heterocycles. The molecule has 1 aliphatic rings. The number of nitrogens with zero attached hydrogens (tertiary/aromatic N) is 2. The first-order valence-corrected chi connectivity index (χ1v) is 4.64. The van der Waals surface area contributed by atoms with Crippen LogP contribution in [0.2, 0.25) is 0 Å². The summed E-state index contributed by atoms with van der Waals surface area (Å²) in [5.74, 6) is 0.206. The second-order valence-electron chi connectivity index (χ2n) is 3.44. The first-order valence-electron chi connectivity index (χ1n) is 4.64. The van der Waals surface area contributed by atoms with E-state index in [2.05, 4.69) is 18.7 Å². The Labute approximate surface area is 74.3 Å². The van der Waals surface area contributed by atoms with Crippen LogP contribution in [0, 0.1) is 0 Å². The minimum Gasteiger partial charge on any atom is -0.340 e. The third-order valence-corrected chi connectivity index (χ3v) is 2.62. The number of hydrogen-bond donors (Lipinski definition) is 0. The summed E-state index contributed by atoms with van der Waals surface area (Å²) >= 11 is 0. The second-order valence-corrected chi connectivity index (χ2v) is 3.44. The molecule has 3 nitrogen and oxygen atoms in total. The molecule has 1 atom stereocenters. The van der Waals surface area contributed by atoms with Crippen molar-refractivity contribution in [2.75, 3.05) is 26.2 Å². The average molecular weight is 170 g/mol. The van der Waals surface area contributed by atoms with Gasteiger partial charge >= 0.3 is 0 Å². The Hall–Kier alpha value is -0.570. The third kappa shape index (κ3) is 1.97. The van der Waals surface area contributed by atoms with Crippen LogP contribution in [0.1, 0.15) is 20.8 Å². The highest BCUT2D eigenvalue weighted by atomic mass is 16.2. The summed E-state index contributed by atoms with van der Waals surface area (Å²) in [7, 11) is 0. The van der Waals surface area contributed by atoms with Crippen LogP contribution in [0.15, 0.2) is 0 Å². The average Bonchev–Trinajstić information content (AvgIpc) is 2.04. The second kappa shape index (κ2) is 3.90. The van der Waals surface area contributed by atoms with Crippen molar-refractivity contribution in [3.8, 4) is 0 Å². The van der Waals surface area contributed by atoms with Gasteiger partial charge in [-0.15, -0.1) is 0 Å². The van der Waals surface area contributed by atoms with Gasteiger partial charge in [-0.05, 0) is 13.5 Å². The fourth-order valence-electron chi connectivity index (χ4n) is 1.75. The Morgan fingerprint density at radius 2 is 2.17 bits per heavy atom. The molecule has 3 heteroatoms. The molecule has 1 amide bonds. The summed E-state index contributed by atoms with van der Waals surface area (Å²) in [6.45, 7) is 9.90. The normalized spacial score (nSPS) is 25.9. The maximum atomic E-state index is 11.0. The maximum Gasteiger partial charge on any atom is 0.219 e. The van der Waals surface area contributed by atoms with Gasteiger partial charge in [-0.1, -0.05) is 6.92 Å². The van der Waals surface area contributed by atoms with Crippen molar-refractivity contribution in [2.45, 2.75) is 26.8 Å². The monoisotopic (exact) mass is 170 g/mol. The van der Waals surface area contributed by atoms with Gasteiger partial charge in [0, 0.05) is 32.6 Å². The molecular weight excluding hydrogens is 152 g/mol. The molecule has 0 spiro atoms. The first kappa shape index (κ1) is 9.52. The summed E-state index contributed by atoms with van der Waals surface area (Å²) < 4.78 is 0. The van der Waals surface area contributed by atoms with Crippen LogP contribution in [0.4, 0.5) is 0 Å². The van der Waals surface area contributed by atoms with Gasteiger partial charge < -0.3 is 4.90 Å². The molecule has 0 aromatic carbocycles. The predicted octanol–water partition coefficient (Wildman–Crippen LogP) is 0.559. The van der Waals surface area contributed by atoms with Gasteiger partial charge in [0.2, 0.25) is 5.91 Å². The maximum absolute atomic E-state index is 11.0. The summed E-state index contributed by atoms with van der Waals surface area (Å²) in [4.78, 5) is 15.4. The molecule has 0 aromatic rings. The first-order chi connectivity index (χ1) is 5.65. The van der Waals surface area contributed by atoms with E-state index in [0.29, 0.717) is 6.04 Å².